The predicted molar refractivity (Wildman–Crippen MR) is 131 cm³/mol. The van der Waals surface area contributed by atoms with E-state index in [-0.39, 0.29) is 11.5 Å². The lowest BCUT2D eigenvalue weighted by Crippen LogP contribution is -2.34. The minimum absolute atomic E-state index is 0.120. The molecule has 0 saturated heterocycles. The zero-order valence-corrected chi connectivity index (χ0v) is 19.3. The number of fused-ring (bicyclic) bond motifs is 1. The number of anilines is 1. The van der Waals surface area contributed by atoms with Crippen LogP contribution in [0.15, 0.2) is 67.1 Å². The van der Waals surface area contributed by atoms with Gasteiger partial charge in [-0.05, 0) is 67.4 Å². The molecule has 7 heteroatoms. The number of carbonyl (C=O) groups is 2. The Hall–Kier alpha value is -3.58. The van der Waals surface area contributed by atoms with Crippen LogP contribution in [0.5, 0.6) is 0 Å². The summed E-state index contributed by atoms with van der Waals surface area (Å²) in [4.78, 5) is 38.0. The van der Waals surface area contributed by atoms with Gasteiger partial charge in [0.15, 0.2) is 0 Å². The highest BCUT2D eigenvalue weighted by Gasteiger charge is 2.23. The number of carboxylic acid groups (broad SMARTS) is 1. The van der Waals surface area contributed by atoms with Crippen molar-refractivity contribution >= 4 is 17.6 Å². The lowest BCUT2D eigenvalue weighted by Gasteiger charge is -2.29. The molecule has 1 aliphatic heterocycles. The number of hydrogen-bond donors (Lipinski definition) is 1. The predicted octanol–water partition coefficient (Wildman–Crippen LogP) is 4.79. The molecule has 0 radical (unpaired) electrons. The first-order valence-electron chi connectivity index (χ1n) is 11.8. The summed E-state index contributed by atoms with van der Waals surface area (Å²) in [5.41, 5.74) is 3.29. The van der Waals surface area contributed by atoms with Crippen LogP contribution in [0.1, 0.15) is 64.1 Å². The second-order valence-electron chi connectivity index (χ2n) is 8.65. The first-order valence-corrected chi connectivity index (χ1v) is 11.8. The topological polar surface area (TPSA) is 86.6 Å². The van der Waals surface area contributed by atoms with E-state index in [1.165, 1.54) is 0 Å². The molecule has 3 heterocycles. The fourth-order valence-corrected chi connectivity index (χ4v) is 4.40. The summed E-state index contributed by atoms with van der Waals surface area (Å²) in [7, 11) is 0. The fourth-order valence-electron chi connectivity index (χ4n) is 4.40. The maximum Gasteiger partial charge on any atom is 0.335 e. The van der Waals surface area contributed by atoms with E-state index in [0.29, 0.717) is 25.2 Å². The lowest BCUT2D eigenvalue weighted by molar-refractivity contribution is 0.0696. The molecule has 3 aromatic rings. The summed E-state index contributed by atoms with van der Waals surface area (Å²) in [6.45, 7) is 2.65. The number of carbonyl (C=O) groups excluding carboxylic acids is 1. The quantitative estimate of drug-likeness (QED) is 0.605. The van der Waals surface area contributed by atoms with Crippen LogP contribution in [0.2, 0.25) is 0 Å². The summed E-state index contributed by atoms with van der Waals surface area (Å²) in [5, 5.41) is 9.64. The molecule has 1 N–H and O–H groups in total. The second-order valence-corrected chi connectivity index (χ2v) is 8.65. The van der Waals surface area contributed by atoms with Gasteiger partial charge in [0.1, 0.15) is 0 Å². The van der Waals surface area contributed by atoms with Gasteiger partial charge in [0.2, 0.25) is 0 Å². The first-order chi connectivity index (χ1) is 16.6. The maximum absolute atomic E-state index is 13.5. The summed E-state index contributed by atoms with van der Waals surface area (Å²) in [5.74, 6) is -1.10. The SMILES string of the molecule is O=C(O)c1ccc2c(c1)CN(Cc1ccccn1)CCCCCCCN2C(=O)c1cccnc1. The Morgan fingerprint density at radius 1 is 0.882 bits per heavy atom. The molecule has 0 aliphatic carbocycles. The van der Waals surface area contributed by atoms with Gasteiger partial charge >= 0.3 is 5.97 Å². The Kier molecular flexibility index (Phi) is 7.99. The summed E-state index contributed by atoms with van der Waals surface area (Å²) < 4.78 is 0. The smallest absolute Gasteiger partial charge is 0.335 e. The molecular weight excluding hydrogens is 428 g/mol. The normalized spacial score (nSPS) is 15.6. The Balaban J connectivity index is 1.73. The number of nitrogens with zero attached hydrogens (tertiary/aromatic N) is 4. The third-order valence-electron chi connectivity index (χ3n) is 6.13. The Morgan fingerprint density at radius 2 is 1.71 bits per heavy atom. The minimum Gasteiger partial charge on any atom is -0.478 e. The third kappa shape index (κ3) is 6.05. The standard InChI is InChI=1S/C27H30N4O3/c32-26(22-9-8-13-28-18-22)31-16-7-3-1-2-6-15-30(20-24-10-4-5-14-29-24)19-23-17-21(27(33)34)11-12-25(23)31/h4-5,8-14,17-18H,1-3,6-7,15-16,19-20H2,(H,33,34). The number of aromatic carboxylic acids is 1. The molecule has 7 nitrogen and oxygen atoms in total. The van der Waals surface area contributed by atoms with Gasteiger partial charge in [-0.2, -0.15) is 0 Å². The summed E-state index contributed by atoms with van der Waals surface area (Å²) in [6.07, 6.45) is 10.3. The van der Waals surface area contributed by atoms with E-state index >= 15 is 0 Å². The highest BCUT2D eigenvalue weighted by atomic mass is 16.4. The number of carboxylic acids is 1. The molecule has 0 atom stereocenters. The highest BCUT2D eigenvalue weighted by Crippen LogP contribution is 2.27. The highest BCUT2D eigenvalue weighted by molar-refractivity contribution is 6.06. The molecule has 1 aromatic carbocycles. The van der Waals surface area contributed by atoms with Crippen molar-refractivity contribution in [2.45, 2.75) is 45.2 Å². The van der Waals surface area contributed by atoms with Gasteiger partial charge in [-0.25, -0.2) is 4.79 Å². The molecule has 1 aliphatic rings. The van der Waals surface area contributed by atoms with Gasteiger partial charge < -0.3 is 10.0 Å². The van der Waals surface area contributed by atoms with Gasteiger partial charge in [0.05, 0.1) is 16.8 Å². The van der Waals surface area contributed by atoms with Crippen LogP contribution in [0.4, 0.5) is 5.69 Å². The Morgan fingerprint density at radius 3 is 2.44 bits per heavy atom. The second kappa shape index (κ2) is 11.5. The van der Waals surface area contributed by atoms with Crippen molar-refractivity contribution in [2.24, 2.45) is 0 Å². The van der Waals surface area contributed by atoms with Crippen LogP contribution in [-0.4, -0.2) is 44.9 Å². The largest absolute Gasteiger partial charge is 0.478 e. The van der Waals surface area contributed by atoms with Crippen molar-refractivity contribution in [1.29, 1.82) is 0 Å². The molecule has 0 fully saturated rings. The van der Waals surface area contributed by atoms with Crippen LogP contribution in [-0.2, 0) is 13.1 Å². The maximum atomic E-state index is 13.5. The number of pyridine rings is 2. The van der Waals surface area contributed by atoms with Gasteiger partial charge in [-0.1, -0.05) is 25.3 Å². The number of hydrogen-bond acceptors (Lipinski definition) is 5. The molecule has 4 rings (SSSR count). The van der Waals surface area contributed by atoms with Crippen LogP contribution in [0.25, 0.3) is 0 Å². The van der Waals surface area contributed by atoms with E-state index < -0.39 is 5.97 Å². The van der Waals surface area contributed by atoms with Crippen molar-refractivity contribution in [3.63, 3.8) is 0 Å². The molecule has 0 spiro atoms. The van der Waals surface area contributed by atoms with E-state index in [0.717, 1.165) is 55.6 Å². The summed E-state index contributed by atoms with van der Waals surface area (Å²) in [6, 6.07) is 14.5. The van der Waals surface area contributed by atoms with Gasteiger partial charge in [0, 0.05) is 43.9 Å². The average molecular weight is 459 g/mol. The molecule has 34 heavy (non-hydrogen) atoms. The summed E-state index contributed by atoms with van der Waals surface area (Å²) >= 11 is 0. The van der Waals surface area contributed by atoms with Gasteiger partial charge in [0.25, 0.3) is 5.91 Å². The zero-order valence-electron chi connectivity index (χ0n) is 19.3. The molecule has 1 amide bonds. The van der Waals surface area contributed by atoms with E-state index in [1.54, 1.807) is 53.8 Å². The van der Waals surface area contributed by atoms with Crippen LogP contribution < -0.4 is 4.90 Å². The number of rotatable bonds is 4. The zero-order chi connectivity index (χ0) is 23.8. The molecule has 0 unspecified atom stereocenters. The van der Waals surface area contributed by atoms with E-state index in [2.05, 4.69) is 14.9 Å². The molecular formula is C27H30N4O3. The van der Waals surface area contributed by atoms with Crippen LogP contribution in [0.3, 0.4) is 0 Å². The molecule has 2 aromatic heterocycles. The molecule has 176 valence electrons. The van der Waals surface area contributed by atoms with Crippen LogP contribution in [0, 0.1) is 0 Å². The van der Waals surface area contributed by atoms with E-state index in [9.17, 15) is 14.7 Å². The van der Waals surface area contributed by atoms with Crippen molar-refractivity contribution < 1.29 is 14.7 Å². The van der Waals surface area contributed by atoms with Crippen molar-refractivity contribution in [2.75, 3.05) is 18.0 Å². The molecule has 0 saturated carbocycles. The Bertz CT molecular complexity index is 1110. The van der Waals surface area contributed by atoms with E-state index in [1.807, 2.05) is 18.2 Å². The number of amides is 1. The fraction of sp³-hybridized carbons (Fsp3) is 0.333. The van der Waals surface area contributed by atoms with Crippen molar-refractivity contribution in [1.82, 2.24) is 14.9 Å². The van der Waals surface area contributed by atoms with Crippen molar-refractivity contribution in [3.05, 3.63) is 89.5 Å². The average Bonchev–Trinajstić information content (AvgIpc) is 2.86. The van der Waals surface area contributed by atoms with E-state index in [4.69, 9.17) is 0 Å². The molecule has 0 bridgehead atoms. The monoisotopic (exact) mass is 458 g/mol. The van der Waals surface area contributed by atoms with Gasteiger partial charge in [-0.3, -0.25) is 19.7 Å². The number of aromatic nitrogens is 2. The lowest BCUT2D eigenvalue weighted by atomic mass is 10.0. The minimum atomic E-state index is -0.977. The van der Waals surface area contributed by atoms with Crippen LogP contribution >= 0.6 is 0 Å². The number of benzene rings is 1. The van der Waals surface area contributed by atoms with Crippen molar-refractivity contribution in [3.8, 4) is 0 Å². The third-order valence-corrected chi connectivity index (χ3v) is 6.13. The first kappa shape index (κ1) is 23.6. The Labute approximate surface area is 200 Å². The van der Waals surface area contributed by atoms with Gasteiger partial charge in [-0.15, -0.1) is 0 Å².